The molecule has 0 heterocycles. The summed E-state index contributed by atoms with van der Waals surface area (Å²) in [6.45, 7) is 10.1. The number of rotatable bonds is 7. The average Bonchev–Trinajstić information content (AvgIpc) is 2.60. The zero-order valence-electron chi connectivity index (χ0n) is 17.0. The van der Waals surface area contributed by atoms with E-state index < -0.39 is 6.04 Å². The van der Waals surface area contributed by atoms with Gasteiger partial charge < -0.3 is 10.2 Å². The Labute approximate surface area is 162 Å². The van der Waals surface area contributed by atoms with E-state index in [4.69, 9.17) is 0 Å². The van der Waals surface area contributed by atoms with E-state index in [9.17, 15) is 9.59 Å². The lowest BCUT2D eigenvalue weighted by molar-refractivity contribution is -0.140. The molecule has 144 valence electrons. The van der Waals surface area contributed by atoms with Gasteiger partial charge in [-0.05, 0) is 45.7 Å². The van der Waals surface area contributed by atoms with E-state index in [1.165, 1.54) is 5.56 Å². The molecule has 2 aromatic rings. The molecule has 0 aliphatic rings. The Hall–Kier alpha value is -2.62. The van der Waals surface area contributed by atoms with E-state index in [2.05, 4.69) is 5.32 Å². The van der Waals surface area contributed by atoms with E-state index >= 15 is 0 Å². The van der Waals surface area contributed by atoms with Gasteiger partial charge in [-0.2, -0.15) is 0 Å². The number of carbonyl (C=O) groups is 2. The van der Waals surface area contributed by atoms with Crippen LogP contribution in [0.1, 0.15) is 43.0 Å². The van der Waals surface area contributed by atoms with Crippen LogP contribution in [0.15, 0.2) is 48.5 Å². The highest BCUT2D eigenvalue weighted by molar-refractivity contribution is 5.88. The van der Waals surface area contributed by atoms with Gasteiger partial charge in [-0.25, -0.2) is 0 Å². The van der Waals surface area contributed by atoms with Crippen molar-refractivity contribution in [2.75, 3.05) is 0 Å². The van der Waals surface area contributed by atoms with Crippen LogP contribution in [-0.4, -0.2) is 28.8 Å². The quantitative estimate of drug-likeness (QED) is 0.810. The van der Waals surface area contributed by atoms with Gasteiger partial charge in [-0.3, -0.25) is 9.59 Å². The summed E-state index contributed by atoms with van der Waals surface area (Å²) in [5.41, 5.74) is 4.27. The molecule has 0 fully saturated rings. The van der Waals surface area contributed by atoms with Gasteiger partial charge in [-0.1, -0.05) is 59.7 Å². The van der Waals surface area contributed by atoms with Crippen LogP contribution in [0.2, 0.25) is 0 Å². The Morgan fingerprint density at radius 2 is 1.59 bits per heavy atom. The molecule has 1 N–H and O–H groups in total. The lowest BCUT2D eigenvalue weighted by Gasteiger charge is -2.29. The molecule has 1 atom stereocenters. The zero-order chi connectivity index (χ0) is 20.0. The topological polar surface area (TPSA) is 49.4 Å². The molecule has 0 aliphatic heterocycles. The molecule has 0 saturated heterocycles. The van der Waals surface area contributed by atoms with Crippen LogP contribution in [0.3, 0.4) is 0 Å². The predicted octanol–water partition coefficient (Wildman–Crippen LogP) is 3.79. The smallest absolute Gasteiger partial charge is 0.242 e. The molecule has 0 aromatic heterocycles. The second kappa shape index (κ2) is 9.36. The molecular formula is C23H30N2O2. The van der Waals surface area contributed by atoms with Crippen molar-refractivity contribution in [3.8, 4) is 0 Å². The second-order valence-corrected chi connectivity index (χ2v) is 7.51. The highest BCUT2D eigenvalue weighted by Gasteiger charge is 2.26. The summed E-state index contributed by atoms with van der Waals surface area (Å²) in [6, 6.07) is 15.5. The molecule has 0 bridgehead atoms. The summed E-state index contributed by atoms with van der Waals surface area (Å²) in [7, 11) is 0. The number of hydrogen-bond acceptors (Lipinski definition) is 2. The molecule has 4 heteroatoms. The highest BCUT2D eigenvalue weighted by Crippen LogP contribution is 2.14. The minimum atomic E-state index is -0.536. The molecule has 2 amide bonds. The lowest BCUT2D eigenvalue weighted by atomic mass is 10.1. The first-order valence-electron chi connectivity index (χ1n) is 9.47. The minimum absolute atomic E-state index is 0.0352. The van der Waals surface area contributed by atoms with Crippen molar-refractivity contribution in [2.45, 2.75) is 59.7 Å². The Balaban J connectivity index is 2.22. The first-order chi connectivity index (χ1) is 12.8. The van der Waals surface area contributed by atoms with Crippen LogP contribution >= 0.6 is 0 Å². The highest BCUT2D eigenvalue weighted by atomic mass is 16.2. The fraction of sp³-hybridized carbons (Fsp3) is 0.391. The van der Waals surface area contributed by atoms with Crippen LogP contribution in [0.25, 0.3) is 0 Å². The van der Waals surface area contributed by atoms with E-state index in [-0.39, 0.29) is 24.3 Å². The Bertz CT molecular complexity index is 781. The Morgan fingerprint density at radius 1 is 0.926 bits per heavy atom. The minimum Gasteiger partial charge on any atom is -0.352 e. The van der Waals surface area contributed by atoms with Gasteiger partial charge in [0.05, 0.1) is 6.42 Å². The van der Waals surface area contributed by atoms with Crippen molar-refractivity contribution in [1.29, 1.82) is 0 Å². The Morgan fingerprint density at radius 3 is 2.19 bits per heavy atom. The number of carbonyl (C=O) groups excluding carboxylic acids is 2. The standard InChI is InChI=1S/C23H30N2O2/c1-16(2)24-23(27)19(5)25(15-20-11-9-17(3)10-12-20)22(26)14-21-8-6-7-18(4)13-21/h6-13,16,19H,14-15H2,1-5H3,(H,24,27)/t19-/m0/s1. The summed E-state index contributed by atoms with van der Waals surface area (Å²) in [5.74, 6) is -0.178. The number of nitrogens with one attached hydrogen (secondary N) is 1. The molecule has 0 radical (unpaired) electrons. The average molecular weight is 367 g/mol. The maximum absolute atomic E-state index is 13.1. The molecule has 0 saturated carbocycles. The number of amides is 2. The van der Waals surface area contributed by atoms with Crippen molar-refractivity contribution in [1.82, 2.24) is 10.2 Å². The molecule has 0 spiro atoms. The maximum atomic E-state index is 13.1. The lowest BCUT2D eigenvalue weighted by Crippen LogP contribution is -2.49. The SMILES string of the molecule is Cc1ccc(CN(C(=O)Cc2cccc(C)c2)[C@@H](C)C(=O)NC(C)C)cc1. The molecule has 4 nitrogen and oxygen atoms in total. The summed E-state index contributed by atoms with van der Waals surface area (Å²) in [6.07, 6.45) is 0.285. The molecule has 0 unspecified atom stereocenters. The van der Waals surface area contributed by atoms with Crippen LogP contribution in [0.5, 0.6) is 0 Å². The van der Waals surface area contributed by atoms with Gasteiger partial charge in [0.15, 0.2) is 0 Å². The van der Waals surface area contributed by atoms with E-state index in [0.29, 0.717) is 6.54 Å². The van der Waals surface area contributed by atoms with Crippen LogP contribution < -0.4 is 5.32 Å². The van der Waals surface area contributed by atoms with Gasteiger partial charge in [0.25, 0.3) is 0 Å². The monoisotopic (exact) mass is 366 g/mol. The third kappa shape index (κ3) is 6.24. The van der Waals surface area contributed by atoms with Crippen LogP contribution in [-0.2, 0) is 22.6 Å². The Kier molecular flexibility index (Phi) is 7.17. The van der Waals surface area contributed by atoms with Gasteiger partial charge in [0.1, 0.15) is 6.04 Å². The third-order valence-corrected chi connectivity index (χ3v) is 4.51. The molecule has 0 aliphatic carbocycles. The van der Waals surface area contributed by atoms with Crippen LogP contribution in [0.4, 0.5) is 0 Å². The summed E-state index contributed by atoms with van der Waals surface area (Å²) in [5, 5.41) is 2.91. The summed E-state index contributed by atoms with van der Waals surface area (Å²) < 4.78 is 0. The first-order valence-corrected chi connectivity index (χ1v) is 9.47. The van der Waals surface area contributed by atoms with Crippen molar-refractivity contribution in [2.24, 2.45) is 0 Å². The first kappa shape index (κ1) is 20.7. The summed E-state index contributed by atoms with van der Waals surface area (Å²) >= 11 is 0. The predicted molar refractivity (Wildman–Crippen MR) is 109 cm³/mol. The zero-order valence-corrected chi connectivity index (χ0v) is 17.0. The normalized spacial score (nSPS) is 11.9. The van der Waals surface area contributed by atoms with Crippen LogP contribution in [0, 0.1) is 13.8 Å². The number of aryl methyl sites for hydroxylation is 2. The van der Waals surface area contributed by atoms with Crippen molar-refractivity contribution < 1.29 is 9.59 Å². The van der Waals surface area contributed by atoms with Crippen molar-refractivity contribution >= 4 is 11.8 Å². The van der Waals surface area contributed by atoms with Crippen molar-refractivity contribution in [3.05, 3.63) is 70.8 Å². The molecule has 27 heavy (non-hydrogen) atoms. The second-order valence-electron chi connectivity index (χ2n) is 7.51. The molecule has 2 rings (SSSR count). The van der Waals surface area contributed by atoms with Gasteiger partial charge >= 0.3 is 0 Å². The third-order valence-electron chi connectivity index (χ3n) is 4.51. The van der Waals surface area contributed by atoms with Crippen molar-refractivity contribution in [3.63, 3.8) is 0 Å². The van der Waals surface area contributed by atoms with Gasteiger partial charge in [-0.15, -0.1) is 0 Å². The maximum Gasteiger partial charge on any atom is 0.242 e. The number of hydrogen-bond donors (Lipinski definition) is 1. The number of benzene rings is 2. The fourth-order valence-electron chi connectivity index (χ4n) is 2.98. The largest absolute Gasteiger partial charge is 0.352 e. The summed E-state index contributed by atoms with van der Waals surface area (Å²) in [4.78, 5) is 27.3. The van der Waals surface area contributed by atoms with Gasteiger partial charge in [0.2, 0.25) is 11.8 Å². The van der Waals surface area contributed by atoms with Gasteiger partial charge in [0, 0.05) is 12.6 Å². The van der Waals surface area contributed by atoms with E-state index in [0.717, 1.165) is 16.7 Å². The van der Waals surface area contributed by atoms with E-state index in [1.807, 2.05) is 76.2 Å². The molecule has 2 aromatic carbocycles. The molecular weight excluding hydrogens is 336 g/mol. The number of nitrogens with zero attached hydrogens (tertiary/aromatic N) is 1. The van der Waals surface area contributed by atoms with E-state index in [1.54, 1.807) is 11.8 Å². The fourth-order valence-corrected chi connectivity index (χ4v) is 2.98.